The molecule has 15 heavy (non-hydrogen) atoms. The van der Waals surface area contributed by atoms with Crippen LogP contribution in [0.5, 0.6) is 0 Å². The molecule has 1 unspecified atom stereocenters. The normalized spacial score (nSPS) is 37.3. The first-order chi connectivity index (χ1) is 7.22. The van der Waals surface area contributed by atoms with Crippen LogP contribution in [0.4, 0.5) is 0 Å². The third-order valence-corrected chi connectivity index (χ3v) is 3.60. The van der Waals surface area contributed by atoms with Crippen molar-refractivity contribution in [2.75, 3.05) is 6.67 Å². The van der Waals surface area contributed by atoms with Gasteiger partial charge in [0.15, 0.2) is 0 Å². The fourth-order valence-corrected chi connectivity index (χ4v) is 2.57. The molecule has 2 rings (SSSR count). The lowest BCUT2D eigenvalue weighted by molar-refractivity contribution is -0.131. The molecule has 0 bridgehead atoms. The van der Waals surface area contributed by atoms with Crippen LogP contribution in [-0.2, 0) is 4.79 Å². The van der Waals surface area contributed by atoms with E-state index in [1.165, 1.54) is 0 Å². The molecule has 86 valence electrons. The Labute approximate surface area is 90.6 Å². The highest BCUT2D eigenvalue weighted by molar-refractivity contribution is 5.84. The highest BCUT2D eigenvalue weighted by Gasteiger charge is 2.35. The van der Waals surface area contributed by atoms with E-state index >= 15 is 0 Å². The number of carbonyl (C=O) groups is 1. The standard InChI is InChI=1S/C11H20N2O2/c1-2-10-11(15)13(7-12-10)8-3-5-9(14)6-4-8/h8-10,12,14H,2-7H2,1H3. The molecule has 4 heteroatoms. The SMILES string of the molecule is CCC1NCN(C2CCC(O)CC2)C1=O. The van der Waals surface area contributed by atoms with Gasteiger partial charge in [-0.2, -0.15) is 0 Å². The van der Waals surface area contributed by atoms with Gasteiger partial charge in [-0.05, 0) is 32.1 Å². The van der Waals surface area contributed by atoms with Gasteiger partial charge in [0.25, 0.3) is 0 Å². The van der Waals surface area contributed by atoms with E-state index in [1.807, 2.05) is 11.8 Å². The monoisotopic (exact) mass is 212 g/mol. The van der Waals surface area contributed by atoms with E-state index in [2.05, 4.69) is 5.32 Å². The van der Waals surface area contributed by atoms with Crippen LogP contribution in [-0.4, -0.2) is 40.8 Å². The summed E-state index contributed by atoms with van der Waals surface area (Å²) in [5.41, 5.74) is 0. The van der Waals surface area contributed by atoms with Gasteiger partial charge in [0.1, 0.15) is 0 Å². The van der Waals surface area contributed by atoms with Crippen molar-refractivity contribution in [3.05, 3.63) is 0 Å². The summed E-state index contributed by atoms with van der Waals surface area (Å²) >= 11 is 0. The average molecular weight is 212 g/mol. The van der Waals surface area contributed by atoms with Gasteiger partial charge >= 0.3 is 0 Å². The second-order valence-corrected chi connectivity index (χ2v) is 4.59. The van der Waals surface area contributed by atoms with Gasteiger partial charge in [0.05, 0.1) is 18.8 Å². The molecular weight excluding hydrogens is 192 g/mol. The average Bonchev–Trinajstić information content (AvgIpc) is 2.61. The number of hydrogen-bond donors (Lipinski definition) is 2. The Morgan fingerprint density at radius 2 is 2.07 bits per heavy atom. The maximum Gasteiger partial charge on any atom is 0.241 e. The molecule has 1 aliphatic carbocycles. The molecule has 2 aliphatic rings. The van der Waals surface area contributed by atoms with Crippen molar-refractivity contribution in [3.8, 4) is 0 Å². The van der Waals surface area contributed by atoms with Crippen LogP contribution in [0.1, 0.15) is 39.0 Å². The molecule has 0 aromatic rings. The van der Waals surface area contributed by atoms with Gasteiger partial charge in [-0.3, -0.25) is 10.1 Å². The topological polar surface area (TPSA) is 52.6 Å². The maximum atomic E-state index is 11.9. The fraction of sp³-hybridized carbons (Fsp3) is 0.909. The number of nitrogens with one attached hydrogen (secondary N) is 1. The third kappa shape index (κ3) is 2.16. The minimum Gasteiger partial charge on any atom is -0.393 e. The number of aliphatic hydroxyl groups excluding tert-OH is 1. The van der Waals surface area contributed by atoms with E-state index in [9.17, 15) is 9.90 Å². The summed E-state index contributed by atoms with van der Waals surface area (Å²) in [6.07, 6.45) is 4.30. The van der Waals surface area contributed by atoms with E-state index in [0.717, 1.165) is 32.1 Å². The van der Waals surface area contributed by atoms with E-state index in [-0.39, 0.29) is 18.1 Å². The second kappa shape index (κ2) is 4.49. The molecule has 0 spiro atoms. The van der Waals surface area contributed by atoms with E-state index in [4.69, 9.17) is 0 Å². The van der Waals surface area contributed by atoms with Gasteiger partial charge in [0, 0.05) is 6.04 Å². The molecular formula is C11H20N2O2. The zero-order chi connectivity index (χ0) is 10.8. The molecule has 0 aromatic heterocycles. The molecule has 0 radical (unpaired) electrons. The Hall–Kier alpha value is -0.610. The highest BCUT2D eigenvalue weighted by atomic mass is 16.3. The van der Waals surface area contributed by atoms with Crippen molar-refractivity contribution < 1.29 is 9.90 Å². The minimum absolute atomic E-state index is 0.0249. The Morgan fingerprint density at radius 1 is 1.40 bits per heavy atom. The van der Waals surface area contributed by atoms with Gasteiger partial charge in [-0.15, -0.1) is 0 Å². The highest BCUT2D eigenvalue weighted by Crippen LogP contribution is 2.25. The molecule has 2 fully saturated rings. The number of rotatable bonds is 2. The Kier molecular flexibility index (Phi) is 3.26. The lowest BCUT2D eigenvalue weighted by Gasteiger charge is -2.32. The molecule has 1 amide bonds. The predicted molar refractivity (Wildman–Crippen MR) is 57.2 cm³/mol. The molecule has 1 saturated heterocycles. The number of carbonyl (C=O) groups excluding carboxylic acids is 1. The first-order valence-corrected chi connectivity index (χ1v) is 5.94. The van der Waals surface area contributed by atoms with Crippen molar-refractivity contribution >= 4 is 5.91 Å². The van der Waals surface area contributed by atoms with E-state index in [1.54, 1.807) is 0 Å². The fourth-order valence-electron chi connectivity index (χ4n) is 2.57. The van der Waals surface area contributed by atoms with Crippen molar-refractivity contribution in [1.29, 1.82) is 0 Å². The van der Waals surface area contributed by atoms with Crippen LogP contribution in [0, 0.1) is 0 Å². The minimum atomic E-state index is -0.145. The van der Waals surface area contributed by atoms with Gasteiger partial charge in [-0.1, -0.05) is 6.92 Å². The summed E-state index contributed by atoms with van der Waals surface area (Å²) in [5.74, 6) is 0.249. The molecule has 1 aliphatic heterocycles. The molecule has 1 atom stereocenters. The predicted octanol–water partition coefficient (Wildman–Crippen LogP) is 0.458. The summed E-state index contributed by atoms with van der Waals surface area (Å²) in [6.45, 7) is 2.72. The lowest BCUT2D eigenvalue weighted by atomic mass is 9.92. The number of amides is 1. The third-order valence-electron chi connectivity index (χ3n) is 3.60. The Balaban J connectivity index is 1.92. The molecule has 1 saturated carbocycles. The largest absolute Gasteiger partial charge is 0.393 e. The van der Waals surface area contributed by atoms with E-state index in [0.29, 0.717) is 12.7 Å². The maximum absolute atomic E-state index is 11.9. The summed E-state index contributed by atoms with van der Waals surface area (Å²) in [7, 11) is 0. The van der Waals surface area contributed by atoms with Crippen molar-refractivity contribution in [3.63, 3.8) is 0 Å². The summed E-state index contributed by atoms with van der Waals surface area (Å²) < 4.78 is 0. The number of hydrogen-bond acceptors (Lipinski definition) is 3. The zero-order valence-corrected chi connectivity index (χ0v) is 9.28. The molecule has 4 nitrogen and oxygen atoms in total. The molecule has 0 aromatic carbocycles. The van der Waals surface area contributed by atoms with Crippen molar-refractivity contribution in [1.82, 2.24) is 10.2 Å². The molecule has 2 N–H and O–H groups in total. The first kappa shape index (κ1) is 10.9. The quantitative estimate of drug-likeness (QED) is 0.699. The number of nitrogens with zero attached hydrogens (tertiary/aromatic N) is 1. The van der Waals surface area contributed by atoms with Crippen LogP contribution in [0.15, 0.2) is 0 Å². The Morgan fingerprint density at radius 3 is 2.60 bits per heavy atom. The summed E-state index contributed by atoms with van der Waals surface area (Å²) in [6, 6.07) is 0.377. The molecule has 1 heterocycles. The smallest absolute Gasteiger partial charge is 0.241 e. The first-order valence-electron chi connectivity index (χ1n) is 5.94. The Bertz CT molecular complexity index is 237. The summed E-state index contributed by atoms with van der Waals surface area (Å²) in [5, 5.41) is 12.6. The number of aliphatic hydroxyl groups is 1. The van der Waals surface area contributed by atoms with Gasteiger partial charge in [0.2, 0.25) is 5.91 Å². The van der Waals surface area contributed by atoms with Crippen LogP contribution in [0.2, 0.25) is 0 Å². The zero-order valence-electron chi connectivity index (χ0n) is 9.28. The van der Waals surface area contributed by atoms with E-state index < -0.39 is 0 Å². The van der Waals surface area contributed by atoms with Gasteiger partial charge < -0.3 is 10.0 Å². The van der Waals surface area contributed by atoms with Gasteiger partial charge in [-0.25, -0.2) is 0 Å². The van der Waals surface area contributed by atoms with Crippen LogP contribution < -0.4 is 5.32 Å². The lowest BCUT2D eigenvalue weighted by Crippen LogP contribution is -2.41. The van der Waals surface area contributed by atoms with Crippen molar-refractivity contribution in [2.24, 2.45) is 0 Å². The van der Waals surface area contributed by atoms with Crippen LogP contribution >= 0.6 is 0 Å². The van der Waals surface area contributed by atoms with Crippen molar-refractivity contribution in [2.45, 2.75) is 57.2 Å². The summed E-state index contributed by atoms with van der Waals surface area (Å²) in [4.78, 5) is 13.9. The second-order valence-electron chi connectivity index (χ2n) is 4.59. The van der Waals surface area contributed by atoms with Crippen LogP contribution in [0.25, 0.3) is 0 Å². The van der Waals surface area contributed by atoms with Crippen LogP contribution in [0.3, 0.4) is 0 Å².